The number of benzene rings is 2. The molecular formula is C27H24F2N4O4S. The van der Waals surface area contributed by atoms with Gasteiger partial charge in [0.1, 0.15) is 23.2 Å². The Morgan fingerprint density at radius 2 is 1.89 bits per heavy atom. The van der Waals surface area contributed by atoms with Gasteiger partial charge < -0.3 is 19.4 Å². The van der Waals surface area contributed by atoms with Gasteiger partial charge in [0.2, 0.25) is 5.43 Å². The van der Waals surface area contributed by atoms with Crippen LogP contribution in [0.5, 0.6) is 5.75 Å². The van der Waals surface area contributed by atoms with E-state index in [4.69, 9.17) is 9.47 Å². The zero-order valence-electron chi connectivity index (χ0n) is 20.6. The third kappa shape index (κ3) is 5.07. The van der Waals surface area contributed by atoms with Crippen LogP contribution < -0.4 is 15.5 Å². The average molecular weight is 539 g/mol. The monoisotopic (exact) mass is 538 g/mol. The maximum atomic E-state index is 14.2. The molecule has 196 valence electrons. The number of aromatic nitrogens is 3. The molecular weight excluding hydrogens is 514 g/mol. The Balaban J connectivity index is 1.56. The number of rotatable bonds is 8. The van der Waals surface area contributed by atoms with Gasteiger partial charge in [-0.1, -0.05) is 47.7 Å². The van der Waals surface area contributed by atoms with Gasteiger partial charge in [-0.3, -0.25) is 9.59 Å². The van der Waals surface area contributed by atoms with Crippen LogP contribution in [0.3, 0.4) is 0 Å². The van der Waals surface area contributed by atoms with Gasteiger partial charge >= 0.3 is 0 Å². The topological polar surface area (TPSA) is 95.3 Å². The minimum atomic E-state index is -0.684. The molecule has 4 aromatic rings. The summed E-state index contributed by atoms with van der Waals surface area (Å²) in [4.78, 5) is 26.8. The van der Waals surface area contributed by atoms with Crippen LogP contribution in [-0.4, -0.2) is 40.4 Å². The fraction of sp³-hybridized carbons (Fsp3) is 0.259. The number of ether oxygens (including phenoxy) is 2. The third-order valence-corrected chi connectivity index (χ3v) is 7.33. The van der Waals surface area contributed by atoms with E-state index in [0.717, 1.165) is 23.0 Å². The number of hydrogen-bond acceptors (Lipinski definition) is 7. The lowest BCUT2D eigenvalue weighted by Crippen LogP contribution is -2.50. The Morgan fingerprint density at radius 3 is 2.63 bits per heavy atom. The molecule has 0 radical (unpaired) electrons. The van der Waals surface area contributed by atoms with Crippen molar-refractivity contribution in [3.8, 4) is 16.3 Å². The number of halogens is 2. The van der Waals surface area contributed by atoms with Crippen molar-refractivity contribution in [1.82, 2.24) is 20.1 Å². The first kappa shape index (κ1) is 25.7. The second-order valence-electron chi connectivity index (χ2n) is 8.92. The standard InChI is InChI=1S/C27H24F2N4O4S/c1-15-21(14-36-2)30-26(35)23-25(37-13-16-6-4-3-5-7-16)24(34)19(12-33(15)23)27-32-31-22(38-27)10-17-8-9-18(28)11-20(17)29/h3-9,11-12,15,21H,10,13-14H2,1-2H3,(H,30,35)/t15-,21+/m1/s1. The Kier molecular flexibility index (Phi) is 7.30. The molecule has 1 amide bonds. The number of methoxy groups -OCH3 is 1. The zero-order valence-corrected chi connectivity index (χ0v) is 21.4. The van der Waals surface area contributed by atoms with Crippen LogP contribution in [0, 0.1) is 11.6 Å². The van der Waals surface area contributed by atoms with E-state index in [1.165, 1.54) is 12.1 Å². The van der Waals surface area contributed by atoms with Crippen molar-refractivity contribution in [2.75, 3.05) is 13.7 Å². The highest BCUT2D eigenvalue weighted by molar-refractivity contribution is 7.14. The molecule has 8 nitrogen and oxygen atoms in total. The summed E-state index contributed by atoms with van der Waals surface area (Å²) in [5.74, 6) is -1.88. The van der Waals surface area contributed by atoms with Crippen molar-refractivity contribution >= 4 is 17.2 Å². The van der Waals surface area contributed by atoms with Gasteiger partial charge in [0.05, 0.1) is 24.3 Å². The molecule has 0 fully saturated rings. The van der Waals surface area contributed by atoms with Gasteiger partial charge in [0.25, 0.3) is 5.91 Å². The molecule has 1 aliphatic rings. The lowest BCUT2D eigenvalue weighted by Gasteiger charge is -2.34. The Morgan fingerprint density at radius 1 is 1.11 bits per heavy atom. The molecule has 0 bridgehead atoms. The summed E-state index contributed by atoms with van der Waals surface area (Å²) < 4.78 is 40.4. The zero-order chi connectivity index (χ0) is 26.8. The largest absolute Gasteiger partial charge is 0.483 e. The summed E-state index contributed by atoms with van der Waals surface area (Å²) in [6.45, 7) is 2.27. The quantitative estimate of drug-likeness (QED) is 0.363. The normalized spacial score (nSPS) is 16.7. The summed E-state index contributed by atoms with van der Waals surface area (Å²) >= 11 is 1.12. The fourth-order valence-electron chi connectivity index (χ4n) is 4.34. The maximum absolute atomic E-state index is 14.2. The van der Waals surface area contributed by atoms with Gasteiger partial charge in [-0.25, -0.2) is 8.78 Å². The number of hydrogen-bond donors (Lipinski definition) is 1. The molecule has 0 spiro atoms. The summed E-state index contributed by atoms with van der Waals surface area (Å²) in [6.07, 6.45) is 1.67. The van der Waals surface area contributed by atoms with Crippen molar-refractivity contribution < 1.29 is 23.0 Å². The predicted molar refractivity (Wildman–Crippen MR) is 137 cm³/mol. The molecule has 5 rings (SSSR count). The van der Waals surface area contributed by atoms with Crippen molar-refractivity contribution in [2.24, 2.45) is 0 Å². The summed E-state index contributed by atoms with van der Waals surface area (Å²) in [7, 11) is 1.55. The number of amides is 1. The van der Waals surface area contributed by atoms with Crippen molar-refractivity contribution in [3.63, 3.8) is 0 Å². The molecule has 1 N–H and O–H groups in total. The van der Waals surface area contributed by atoms with Crippen molar-refractivity contribution in [1.29, 1.82) is 0 Å². The molecule has 0 unspecified atom stereocenters. The van der Waals surface area contributed by atoms with E-state index >= 15 is 0 Å². The number of fused-ring (bicyclic) bond motifs is 1. The average Bonchev–Trinajstić information content (AvgIpc) is 3.37. The second-order valence-corrected chi connectivity index (χ2v) is 9.98. The van der Waals surface area contributed by atoms with E-state index in [1.807, 2.05) is 37.3 Å². The molecule has 2 atom stereocenters. The van der Waals surface area contributed by atoms with E-state index in [2.05, 4.69) is 15.5 Å². The SMILES string of the molecule is COC[C@@H]1NC(=O)c2c(OCc3ccccc3)c(=O)c(-c3nnc(Cc4ccc(F)cc4F)s3)cn2[C@@H]1C. The maximum Gasteiger partial charge on any atom is 0.272 e. The fourth-order valence-corrected chi connectivity index (χ4v) is 5.21. The van der Waals surface area contributed by atoms with Crippen LogP contribution >= 0.6 is 11.3 Å². The number of carbonyl (C=O) groups excluding carboxylic acids is 1. The Bertz CT molecular complexity index is 1540. The molecule has 2 aromatic carbocycles. The molecule has 38 heavy (non-hydrogen) atoms. The molecule has 1 aliphatic heterocycles. The van der Waals surface area contributed by atoms with Gasteiger partial charge in [0, 0.05) is 25.8 Å². The molecule has 0 aliphatic carbocycles. The van der Waals surface area contributed by atoms with Crippen LogP contribution in [0.1, 0.15) is 39.6 Å². The van der Waals surface area contributed by atoms with E-state index in [0.29, 0.717) is 10.0 Å². The van der Waals surface area contributed by atoms with Crippen molar-refractivity contribution in [2.45, 2.75) is 32.0 Å². The first-order valence-electron chi connectivity index (χ1n) is 11.9. The second kappa shape index (κ2) is 10.8. The van der Waals surface area contributed by atoms with E-state index in [1.54, 1.807) is 17.9 Å². The Labute approximate surface area is 220 Å². The highest BCUT2D eigenvalue weighted by atomic mass is 32.1. The van der Waals surface area contributed by atoms with Crippen LogP contribution in [0.15, 0.2) is 59.5 Å². The molecule has 3 heterocycles. The van der Waals surface area contributed by atoms with Gasteiger partial charge in [-0.2, -0.15) is 0 Å². The smallest absolute Gasteiger partial charge is 0.272 e. The van der Waals surface area contributed by atoms with Gasteiger partial charge in [-0.05, 0) is 24.1 Å². The van der Waals surface area contributed by atoms with E-state index < -0.39 is 23.0 Å². The van der Waals surface area contributed by atoms with Crippen LogP contribution in [-0.2, 0) is 17.8 Å². The molecule has 0 saturated heterocycles. The summed E-state index contributed by atoms with van der Waals surface area (Å²) in [5, 5.41) is 11.9. The first-order valence-corrected chi connectivity index (χ1v) is 12.7. The number of pyridine rings is 1. The first-order chi connectivity index (χ1) is 18.4. The van der Waals surface area contributed by atoms with Gasteiger partial charge in [-0.15, -0.1) is 10.2 Å². The number of nitrogens with zero attached hydrogens (tertiary/aromatic N) is 3. The predicted octanol–water partition coefficient (Wildman–Crippen LogP) is 4.13. The minimum Gasteiger partial charge on any atom is -0.483 e. The number of nitrogens with one attached hydrogen (secondary N) is 1. The molecule has 11 heteroatoms. The molecule has 2 aromatic heterocycles. The van der Waals surface area contributed by atoms with E-state index in [9.17, 15) is 18.4 Å². The van der Waals surface area contributed by atoms with E-state index in [-0.39, 0.29) is 54.3 Å². The van der Waals surface area contributed by atoms with Crippen LogP contribution in [0.4, 0.5) is 8.78 Å². The molecule has 0 saturated carbocycles. The summed E-state index contributed by atoms with van der Waals surface area (Å²) in [6, 6.07) is 12.0. The van der Waals surface area contributed by atoms with Crippen LogP contribution in [0.2, 0.25) is 0 Å². The minimum absolute atomic E-state index is 0.0842. The number of carbonyl (C=O) groups is 1. The lowest BCUT2D eigenvalue weighted by atomic mass is 10.0. The van der Waals surface area contributed by atoms with Gasteiger partial charge in [0.15, 0.2) is 16.5 Å². The van der Waals surface area contributed by atoms with Crippen molar-refractivity contribution in [3.05, 3.63) is 98.4 Å². The lowest BCUT2D eigenvalue weighted by molar-refractivity contribution is 0.0788. The van der Waals surface area contributed by atoms with Crippen LogP contribution in [0.25, 0.3) is 10.6 Å². The Hall–Kier alpha value is -3.96. The third-order valence-electron chi connectivity index (χ3n) is 6.37. The summed E-state index contributed by atoms with van der Waals surface area (Å²) in [5.41, 5.74) is 0.911. The highest BCUT2D eigenvalue weighted by Gasteiger charge is 2.35. The highest BCUT2D eigenvalue weighted by Crippen LogP contribution is 2.31.